The Kier molecular flexibility index (Phi) is 7.27. The number of aromatic nitrogens is 1. The van der Waals surface area contributed by atoms with Crippen LogP contribution in [0.5, 0.6) is 0 Å². The maximum Gasteiger partial charge on any atom is 0.308 e. The number of benzene rings is 3. The van der Waals surface area contributed by atoms with E-state index in [9.17, 15) is 23.6 Å². The van der Waals surface area contributed by atoms with Crippen LogP contribution in [-0.4, -0.2) is 27.5 Å². The molecule has 6 rings (SSSR count). The fourth-order valence-electron chi connectivity index (χ4n) is 5.18. The first-order chi connectivity index (χ1) is 19.6. The fourth-order valence-corrected chi connectivity index (χ4v) is 8.37. The van der Waals surface area contributed by atoms with Crippen molar-refractivity contribution in [3.05, 3.63) is 108 Å². The van der Waals surface area contributed by atoms with Gasteiger partial charge in [0.05, 0.1) is 26.7 Å². The summed E-state index contributed by atoms with van der Waals surface area (Å²) in [5.74, 6) is -3.59. The lowest BCUT2D eigenvalue weighted by molar-refractivity contribution is -0.122. The van der Waals surface area contributed by atoms with Gasteiger partial charge in [0, 0.05) is 16.5 Å². The highest BCUT2D eigenvalue weighted by atomic mass is 35.5. The first kappa shape index (κ1) is 27.7. The van der Waals surface area contributed by atoms with Crippen molar-refractivity contribution in [2.75, 3.05) is 10.2 Å². The normalized spacial score (nSPS) is 19.7. The van der Waals surface area contributed by atoms with Crippen molar-refractivity contribution < 1.29 is 18.8 Å². The number of hydrogen-bond acceptors (Lipinski definition) is 6. The van der Waals surface area contributed by atoms with Crippen LogP contribution in [0.3, 0.4) is 0 Å². The van der Waals surface area contributed by atoms with E-state index < -0.39 is 45.5 Å². The molecule has 4 aromatic rings. The number of amides is 3. The quantitative estimate of drug-likeness (QED) is 0.270. The second-order valence-corrected chi connectivity index (χ2v) is 12.6. The predicted molar refractivity (Wildman–Crippen MR) is 159 cm³/mol. The summed E-state index contributed by atoms with van der Waals surface area (Å²) in [5.41, 5.74) is 2.36. The van der Waals surface area contributed by atoms with Crippen molar-refractivity contribution in [2.24, 2.45) is 5.92 Å². The Morgan fingerprint density at radius 3 is 2.39 bits per heavy atom. The molecule has 208 valence electrons. The second kappa shape index (κ2) is 10.8. The summed E-state index contributed by atoms with van der Waals surface area (Å²) in [6.45, 7) is 1.64. The minimum absolute atomic E-state index is 0.209. The van der Waals surface area contributed by atoms with Gasteiger partial charge in [-0.15, -0.1) is 0 Å². The lowest BCUT2D eigenvalue weighted by Gasteiger charge is -2.31. The highest BCUT2D eigenvalue weighted by molar-refractivity contribution is 8.00. The molecule has 3 amide bonds. The molecule has 1 N–H and O–H groups in total. The molecule has 41 heavy (non-hydrogen) atoms. The Morgan fingerprint density at radius 2 is 1.68 bits per heavy atom. The van der Waals surface area contributed by atoms with Gasteiger partial charge in [-0.05, 0) is 55.0 Å². The largest absolute Gasteiger partial charge is 0.325 e. The summed E-state index contributed by atoms with van der Waals surface area (Å²) in [5, 5.41) is 2.77. The standard InChI is InChI=1S/C29H20Cl2FN3O4S2/c1-14-5-9-16(10-6-14)33-20(36)13-34-28-25(41-29(34)39)21(18-3-2-4-19(30)23(18)31)22-24(40-28)27(38)35(26(22)37)17-11-7-15(32)8-12-17/h2-12,21-22,24H,13H2,1H3,(H,33,36)/t21-,22-,24+/m0/s1. The number of hydrogen-bond donors (Lipinski definition) is 1. The van der Waals surface area contributed by atoms with E-state index in [0.717, 1.165) is 33.6 Å². The van der Waals surface area contributed by atoms with Crippen molar-refractivity contribution in [2.45, 2.75) is 29.7 Å². The number of aryl methyl sites for hydroxylation is 1. The molecule has 0 radical (unpaired) electrons. The number of nitrogens with zero attached hydrogens (tertiary/aromatic N) is 2. The number of thiazole rings is 1. The molecule has 2 aliphatic rings. The van der Waals surface area contributed by atoms with Crippen LogP contribution in [-0.2, 0) is 20.9 Å². The number of anilines is 2. The Hall–Kier alpha value is -3.44. The van der Waals surface area contributed by atoms with E-state index in [4.69, 9.17) is 23.2 Å². The van der Waals surface area contributed by atoms with Crippen LogP contribution < -0.4 is 15.1 Å². The third-order valence-electron chi connectivity index (χ3n) is 7.09. The molecule has 3 aromatic carbocycles. The van der Waals surface area contributed by atoms with E-state index in [1.807, 2.05) is 19.1 Å². The van der Waals surface area contributed by atoms with Crippen molar-refractivity contribution in [3.8, 4) is 0 Å². The Labute approximate surface area is 251 Å². The molecule has 1 aromatic heterocycles. The summed E-state index contributed by atoms with van der Waals surface area (Å²) in [6, 6.07) is 17.4. The maximum absolute atomic E-state index is 13.9. The number of imide groups is 1. The van der Waals surface area contributed by atoms with Gasteiger partial charge in [-0.2, -0.15) is 0 Å². The molecule has 0 spiro atoms. The van der Waals surface area contributed by atoms with Gasteiger partial charge in [-0.25, -0.2) is 9.29 Å². The van der Waals surface area contributed by atoms with Crippen LogP contribution in [0.1, 0.15) is 21.9 Å². The molecular formula is C29H20Cl2FN3O4S2. The molecule has 0 saturated carbocycles. The Morgan fingerprint density at radius 1 is 0.976 bits per heavy atom. The number of carbonyl (C=O) groups is 3. The van der Waals surface area contributed by atoms with Crippen LogP contribution in [0, 0.1) is 18.7 Å². The summed E-state index contributed by atoms with van der Waals surface area (Å²) in [4.78, 5) is 55.1. The molecule has 0 unspecified atom stereocenters. The van der Waals surface area contributed by atoms with Gasteiger partial charge in [-0.3, -0.25) is 23.7 Å². The zero-order valence-corrected chi connectivity index (χ0v) is 24.4. The molecule has 1 fully saturated rings. The molecule has 2 aliphatic heterocycles. The molecule has 1 saturated heterocycles. The first-order valence-electron chi connectivity index (χ1n) is 12.5. The van der Waals surface area contributed by atoms with Gasteiger partial charge in [0.15, 0.2) is 0 Å². The van der Waals surface area contributed by atoms with Crippen LogP contribution in [0.25, 0.3) is 0 Å². The third kappa shape index (κ3) is 4.88. The predicted octanol–water partition coefficient (Wildman–Crippen LogP) is 6.10. The monoisotopic (exact) mass is 627 g/mol. The lowest BCUT2D eigenvalue weighted by Crippen LogP contribution is -2.33. The van der Waals surface area contributed by atoms with E-state index in [1.165, 1.54) is 28.8 Å². The molecule has 3 heterocycles. The van der Waals surface area contributed by atoms with Gasteiger partial charge in [-0.1, -0.05) is 76.1 Å². The number of thioether (sulfide) groups is 1. The van der Waals surface area contributed by atoms with Gasteiger partial charge in [0.2, 0.25) is 17.7 Å². The van der Waals surface area contributed by atoms with E-state index in [0.29, 0.717) is 21.2 Å². The molecular weight excluding hydrogens is 608 g/mol. The van der Waals surface area contributed by atoms with Gasteiger partial charge in [0.25, 0.3) is 0 Å². The zero-order chi connectivity index (χ0) is 29.0. The average Bonchev–Trinajstić information content (AvgIpc) is 3.38. The number of carbonyl (C=O) groups excluding carboxylic acids is 3. The van der Waals surface area contributed by atoms with E-state index in [1.54, 1.807) is 30.3 Å². The van der Waals surface area contributed by atoms with E-state index in [2.05, 4.69) is 5.32 Å². The smallest absolute Gasteiger partial charge is 0.308 e. The van der Waals surface area contributed by atoms with Crippen molar-refractivity contribution in [1.29, 1.82) is 0 Å². The highest BCUT2D eigenvalue weighted by Crippen LogP contribution is 2.55. The summed E-state index contributed by atoms with van der Waals surface area (Å²) >= 11 is 15.0. The second-order valence-electron chi connectivity index (χ2n) is 9.71. The maximum atomic E-state index is 13.9. The lowest BCUT2D eigenvalue weighted by atomic mass is 9.83. The molecule has 0 aliphatic carbocycles. The average molecular weight is 629 g/mol. The first-order valence-corrected chi connectivity index (χ1v) is 14.9. The summed E-state index contributed by atoms with van der Waals surface area (Å²) in [6.07, 6.45) is 0. The minimum Gasteiger partial charge on any atom is -0.325 e. The minimum atomic E-state index is -0.916. The molecule has 0 bridgehead atoms. The Balaban J connectivity index is 1.43. The van der Waals surface area contributed by atoms with Crippen molar-refractivity contribution in [3.63, 3.8) is 0 Å². The molecule has 12 heteroatoms. The zero-order valence-electron chi connectivity index (χ0n) is 21.3. The van der Waals surface area contributed by atoms with Crippen molar-refractivity contribution >= 4 is 75.4 Å². The van der Waals surface area contributed by atoms with Gasteiger partial charge in [0.1, 0.15) is 17.6 Å². The van der Waals surface area contributed by atoms with Crippen LogP contribution >= 0.6 is 46.3 Å². The molecule has 3 atom stereocenters. The number of rotatable bonds is 5. The van der Waals surface area contributed by atoms with E-state index in [-0.39, 0.29) is 22.3 Å². The third-order valence-corrected chi connectivity index (χ3v) is 10.5. The topological polar surface area (TPSA) is 88.5 Å². The summed E-state index contributed by atoms with van der Waals surface area (Å²) < 4.78 is 15.0. The van der Waals surface area contributed by atoms with Gasteiger partial charge < -0.3 is 5.32 Å². The van der Waals surface area contributed by atoms with Crippen molar-refractivity contribution in [1.82, 2.24) is 4.57 Å². The highest BCUT2D eigenvalue weighted by Gasteiger charge is 2.57. The van der Waals surface area contributed by atoms with E-state index >= 15 is 0 Å². The number of halogens is 3. The summed E-state index contributed by atoms with van der Waals surface area (Å²) in [7, 11) is 0. The SMILES string of the molecule is Cc1ccc(NC(=O)Cn2c3c(sc2=O)[C@@H](c2cccc(Cl)c2Cl)[C@@H]2C(=O)N(c4ccc(F)cc4)C(=O)[C@@H]2S3)cc1. The molecule has 7 nitrogen and oxygen atoms in total. The fraction of sp³-hybridized carbons (Fsp3) is 0.172. The van der Waals surface area contributed by atoms with Crippen LogP contribution in [0.2, 0.25) is 10.0 Å². The van der Waals surface area contributed by atoms with Gasteiger partial charge >= 0.3 is 4.87 Å². The van der Waals surface area contributed by atoms with Crippen LogP contribution in [0.4, 0.5) is 15.8 Å². The van der Waals surface area contributed by atoms with Crippen LogP contribution in [0.15, 0.2) is 76.6 Å². The number of nitrogens with one attached hydrogen (secondary N) is 1. The Bertz CT molecular complexity index is 1770. The number of fused-ring (bicyclic) bond motifs is 2.